The zero-order valence-electron chi connectivity index (χ0n) is 14.3. The standard InChI is InChI=1S/C18H31N3/c1-6-18(5)13-19-17(10-14(2)3)12-21(18)11-16-9-7-8-15(4)20-16/h7-9,14,17,19H,6,10-13H2,1-5H3. The van der Waals surface area contributed by atoms with E-state index in [0.717, 1.165) is 31.2 Å². The molecule has 21 heavy (non-hydrogen) atoms. The molecule has 1 aromatic heterocycles. The average Bonchev–Trinajstić information content (AvgIpc) is 2.42. The second-order valence-electron chi connectivity index (χ2n) is 7.21. The molecular formula is C18H31N3. The second kappa shape index (κ2) is 6.89. The van der Waals surface area contributed by atoms with Crippen molar-refractivity contribution < 1.29 is 0 Å². The van der Waals surface area contributed by atoms with Gasteiger partial charge in [-0.2, -0.15) is 0 Å². The van der Waals surface area contributed by atoms with Crippen LogP contribution in [0.2, 0.25) is 0 Å². The van der Waals surface area contributed by atoms with Crippen molar-refractivity contribution in [2.75, 3.05) is 13.1 Å². The van der Waals surface area contributed by atoms with Gasteiger partial charge in [0, 0.05) is 36.9 Å². The largest absolute Gasteiger partial charge is 0.311 e. The van der Waals surface area contributed by atoms with Crippen molar-refractivity contribution in [3.8, 4) is 0 Å². The fraction of sp³-hybridized carbons (Fsp3) is 0.722. The number of pyridine rings is 1. The Balaban J connectivity index is 2.10. The first-order chi connectivity index (χ1) is 9.93. The molecule has 1 N–H and O–H groups in total. The number of aryl methyl sites for hydroxylation is 1. The van der Waals surface area contributed by atoms with Gasteiger partial charge in [-0.1, -0.05) is 26.8 Å². The fourth-order valence-electron chi connectivity index (χ4n) is 3.24. The lowest BCUT2D eigenvalue weighted by atomic mass is 9.89. The summed E-state index contributed by atoms with van der Waals surface area (Å²) in [5, 5.41) is 3.76. The van der Waals surface area contributed by atoms with Crippen LogP contribution in [0.5, 0.6) is 0 Å². The Morgan fingerprint density at radius 1 is 1.43 bits per heavy atom. The molecule has 1 aliphatic heterocycles. The summed E-state index contributed by atoms with van der Waals surface area (Å²) in [5.74, 6) is 0.743. The van der Waals surface area contributed by atoms with Gasteiger partial charge >= 0.3 is 0 Å². The van der Waals surface area contributed by atoms with E-state index in [9.17, 15) is 0 Å². The topological polar surface area (TPSA) is 28.2 Å². The van der Waals surface area contributed by atoms with Crippen LogP contribution >= 0.6 is 0 Å². The maximum Gasteiger partial charge on any atom is 0.0547 e. The number of nitrogens with one attached hydrogen (secondary N) is 1. The van der Waals surface area contributed by atoms with Crippen LogP contribution in [0.3, 0.4) is 0 Å². The van der Waals surface area contributed by atoms with Crippen LogP contribution < -0.4 is 5.32 Å². The highest BCUT2D eigenvalue weighted by Gasteiger charge is 2.36. The molecule has 0 radical (unpaired) electrons. The Bertz CT molecular complexity index is 458. The predicted molar refractivity (Wildman–Crippen MR) is 89.3 cm³/mol. The van der Waals surface area contributed by atoms with E-state index in [1.165, 1.54) is 18.5 Å². The molecule has 1 aliphatic rings. The smallest absolute Gasteiger partial charge is 0.0547 e. The second-order valence-corrected chi connectivity index (χ2v) is 7.21. The quantitative estimate of drug-likeness (QED) is 0.900. The van der Waals surface area contributed by atoms with Crippen LogP contribution in [0.25, 0.3) is 0 Å². The Hall–Kier alpha value is -0.930. The maximum absolute atomic E-state index is 4.69. The van der Waals surface area contributed by atoms with Gasteiger partial charge in [-0.3, -0.25) is 9.88 Å². The van der Waals surface area contributed by atoms with Crippen LogP contribution in [-0.4, -0.2) is 34.6 Å². The first-order valence-electron chi connectivity index (χ1n) is 8.34. The molecule has 2 unspecified atom stereocenters. The molecule has 1 saturated heterocycles. The van der Waals surface area contributed by atoms with Crippen LogP contribution in [0.4, 0.5) is 0 Å². The molecule has 2 heterocycles. The third kappa shape index (κ3) is 4.27. The number of hydrogen-bond acceptors (Lipinski definition) is 3. The van der Waals surface area contributed by atoms with Gasteiger partial charge in [-0.05, 0) is 44.7 Å². The Kier molecular flexibility index (Phi) is 5.39. The minimum Gasteiger partial charge on any atom is -0.311 e. The highest BCUT2D eigenvalue weighted by molar-refractivity contribution is 5.11. The van der Waals surface area contributed by atoms with Gasteiger partial charge < -0.3 is 5.32 Å². The number of piperazine rings is 1. The summed E-state index contributed by atoms with van der Waals surface area (Å²) in [6.07, 6.45) is 2.41. The minimum absolute atomic E-state index is 0.235. The molecule has 0 bridgehead atoms. The summed E-state index contributed by atoms with van der Waals surface area (Å²) in [6, 6.07) is 6.95. The summed E-state index contributed by atoms with van der Waals surface area (Å²) in [7, 11) is 0. The van der Waals surface area contributed by atoms with Crippen molar-refractivity contribution in [2.24, 2.45) is 5.92 Å². The van der Waals surface area contributed by atoms with Gasteiger partial charge in [0.05, 0.1) is 5.69 Å². The van der Waals surface area contributed by atoms with Gasteiger partial charge in [-0.25, -0.2) is 0 Å². The van der Waals surface area contributed by atoms with Gasteiger partial charge in [0.1, 0.15) is 0 Å². The van der Waals surface area contributed by atoms with Gasteiger partial charge in [0.2, 0.25) is 0 Å². The van der Waals surface area contributed by atoms with Gasteiger partial charge in [0.15, 0.2) is 0 Å². The van der Waals surface area contributed by atoms with E-state index in [2.05, 4.69) is 63.0 Å². The highest BCUT2D eigenvalue weighted by Crippen LogP contribution is 2.26. The zero-order valence-corrected chi connectivity index (χ0v) is 14.3. The van der Waals surface area contributed by atoms with Crippen LogP contribution in [-0.2, 0) is 6.54 Å². The molecule has 3 heteroatoms. The van der Waals surface area contributed by atoms with E-state index < -0.39 is 0 Å². The maximum atomic E-state index is 4.69. The van der Waals surface area contributed by atoms with Crippen molar-refractivity contribution in [1.29, 1.82) is 0 Å². The molecule has 0 saturated carbocycles. The third-order valence-electron chi connectivity index (χ3n) is 4.79. The summed E-state index contributed by atoms with van der Waals surface area (Å²) >= 11 is 0. The fourth-order valence-corrected chi connectivity index (χ4v) is 3.24. The SMILES string of the molecule is CCC1(C)CNC(CC(C)C)CN1Cc1cccc(C)n1. The molecule has 0 amide bonds. The van der Waals surface area contributed by atoms with Crippen molar-refractivity contribution in [1.82, 2.24) is 15.2 Å². The Labute approximate surface area is 130 Å². The number of rotatable bonds is 5. The molecule has 1 fully saturated rings. The molecular weight excluding hydrogens is 258 g/mol. The molecule has 0 spiro atoms. The predicted octanol–water partition coefficient (Wildman–Crippen LogP) is 3.38. The summed E-state index contributed by atoms with van der Waals surface area (Å²) < 4.78 is 0. The Morgan fingerprint density at radius 2 is 2.19 bits per heavy atom. The third-order valence-corrected chi connectivity index (χ3v) is 4.79. The van der Waals surface area contributed by atoms with E-state index in [1.807, 2.05) is 0 Å². The van der Waals surface area contributed by atoms with Gasteiger partial charge in [0.25, 0.3) is 0 Å². The normalized spacial score (nSPS) is 27.2. The Morgan fingerprint density at radius 3 is 2.81 bits per heavy atom. The van der Waals surface area contributed by atoms with Crippen LogP contribution in [0.1, 0.15) is 51.9 Å². The van der Waals surface area contributed by atoms with Crippen molar-refractivity contribution in [3.05, 3.63) is 29.6 Å². The summed E-state index contributed by atoms with van der Waals surface area (Å²) in [6.45, 7) is 14.5. The number of nitrogens with zero attached hydrogens (tertiary/aromatic N) is 2. The van der Waals surface area contributed by atoms with Crippen molar-refractivity contribution in [2.45, 2.75) is 65.6 Å². The lowest BCUT2D eigenvalue weighted by molar-refractivity contribution is 0.0362. The van der Waals surface area contributed by atoms with E-state index in [-0.39, 0.29) is 5.54 Å². The average molecular weight is 289 g/mol. The van der Waals surface area contributed by atoms with Crippen molar-refractivity contribution >= 4 is 0 Å². The van der Waals surface area contributed by atoms with Crippen LogP contribution in [0, 0.1) is 12.8 Å². The summed E-state index contributed by atoms with van der Waals surface area (Å²) in [4.78, 5) is 7.33. The molecule has 2 rings (SSSR count). The minimum atomic E-state index is 0.235. The lowest BCUT2D eigenvalue weighted by Crippen LogP contribution is -2.62. The molecule has 0 aliphatic carbocycles. The highest BCUT2D eigenvalue weighted by atomic mass is 15.3. The molecule has 1 aromatic rings. The van der Waals surface area contributed by atoms with E-state index in [1.54, 1.807) is 0 Å². The molecule has 0 aromatic carbocycles. The first-order valence-corrected chi connectivity index (χ1v) is 8.34. The van der Waals surface area contributed by atoms with Gasteiger partial charge in [-0.15, -0.1) is 0 Å². The first kappa shape index (κ1) is 16.4. The number of aromatic nitrogens is 1. The molecule has 3 nitrogen and oxygen atoms in total. The lowest BCUT2D eigenvalue weighted by Gasteiger charge is -2.48. The molecule has 2 atom stereocenters. The van der Waals surface area contributed by atoms with E-state index in [0.29, 0.717) is 6.04 Å². The summed E-state index contributed by atoms with van der Waals surface area (Å²) in [5.41, 5.74) is 2.54. The zero-order chi connectivity index (χ0) is 15.5. The van der Waals surface area contributed by atoms with E-state index in [4.69, 9.17) is 4.98 Å². The number of hydrogen-bond donors (Lipinski definition) is 1. The van der Waals surface area contributed by atoms with Crippen LogP contribution in [0.15, 0.2) is 18.2 Å². The monoisotopic (exact) mass is 289 g/mol. The molecule has 118 valence electrons. The van der Waals surface area contributed by atoms with E-state index >= 15 is 0 Å². The van der Waals surface area contributed by atoms with Crippen molar-refractivity contribution in [3.63, 3.8) is 0 Å².